The molecule has 2 aromatic heterocycles. The SMILES string of the molecule is Cc1ccc(CNc2cncc(C(=O)N3CCN(c4ncccn4)CC3)c2)cc1. The van der Waals surface area contributed by atoms with Gasteiger partial charge >= 0.3 is 0 Å². The van der Waals surface area contributed by atoms with E-state index in [0.717, 1.165) is 5.69 Å². The standard InChI is InChI=1S/C22H24N6O/c1-17-3-5-18(6-4-17)14-26-20-13-19(15-23-16-20)21(29)27-9-11-28(12-10-27)22-24-7-2-8-25-22/h2-8,13,15-16,26H,9-12,14H2,1H3. The summed E-state index contributed by atoms with van der Waals surface area (Å²) in [6.07, 6.45) is 6.85. The van der Waals surface area contributed by atoms with E-state index >= 15 is 0 Å². The zero-order valence-corrected chi connectivity index (χ0v) is 16.5. The molecular formula is C22H24N6O. The molecule has 0 aliphatic carbocycles. The number of piperazine rings is 1. The highest BCUT2D eigenvalue weighted by Gasteiger charge is 2.23. The van der Waals surface area contributed by atoms with Gasteiger partial charge in [-0.2, -0.15) is 0 Å². The summed E-state index contributed by atoms with van der Waals surface area (Å²) in [5.74, 6) is 0.716. The van der Waals surface area contributed by atoms with Crippen molar-refractivity contribution in [2.24, 2.45) is 0 Å². The van der Waals surface area contributed by atoms with Crippen molar-refractivity contribution in [2.75, 3.05) is 36.4 Å². The van der Waals surface area contributed by atoms with Crippen LogP contribution in [0.4, 0.5) is 11.6 Å². The van der Waals surface area contributed by atoms with Gasteiger partial charge in [0.25, 0.3) is 5.91 Å². The second-order valence-electron chi connectivity index (χ2n) is 7.13. The van der Waals surface area contributed by atoms with Gasteiger partial charge in [0.15, 0.2) is 0 Å². The lowest BCUT2D eigenvalue weighted by Gasteiger charge is -2.34. The lowest BCUT2D eigenvalue weighted by atomic mass is 10.1. The van der Waals surface area contributed by atoms with Crippen LogP contribution in [0, 0.1) is 6.92 Å². The summed E-state index contributed by atoms with van der Waals surface area (Å²) in [6, 6.07) is 12.1. The molecule has 1 aromatic carbocycles. The van der Waals surface area contributed by atoms with Crippen molar-refractivity contribution in [3.63, 3.8) is 0 Å². The van der Waals surface area contributed by atoms with Crippen LogP contribution in [0.2, 0.25) is 0 Å². The molecule has 1 aliphatic heterocycles. The van der Waals surface area contributed by atoms with E-state index in [0.29, 0.717) is 44.2 Å². The van der Waals surface area contributed by atoms with Crippen LogP contribution in [0.3, 0.4) is 0 Å². The van der Waals surface area contributed by atoms with E-state index in [1.807, 2.05) is 11.0 Å². The third-order valence-electron chi connectivity index (χ3n) is 5.00. The molecule has 148 valence electrons. The predicted octanol–water partition coefficient (Wildman–Crippen LogP) is 2.75. The number of rotatable bonds is 5. The van der Waals surface area contributed by atoms with Gasteiger partial charge in [0.1, 0.15) is 0 Å². The topological polar surface area (TPSA) is 74.2 Å². The number of nitrogens with one attached hydrogen (secondary N) is 1. The zero-order chi connectivity index (χ0) is 20.1. The zero-order valence-electron chi connectivity index (χ0n) is 16.5. The number of anilines is 2. The summed E-state index contributed by atoms with van der Waals surface area (Å²) in [6.45, 7) is 5.47. The number of pyridine rings is 1. The maximum Gasteiger partial charge on any atom is 0.255 e. The Kier molecular flexibility index (Phi) is 5.65. The van der Waals surface area contributed by atoms with Crippen molar-refractivity contribution in [3.8, 4) is 0 Å². The van der Waals surface area contributed by atoms with Gasteiger partial charge < -0.3 is 15.1 Å². The van der Waals surface area contributed by atoms with E-state index in [-0.39, 0.29) is 5.91 Å². The molecule has 3 heterocycles. The van der Waals surface area contributed by atoms with Gasteiger partial charge in [0, 0.05) is 57.5 Å². The minimum absolute atomic E-state index is 0.00474. The second-order valence-corrected chi connectivity index (χ2v) is 7.13. The molecule has 7 nitrogen and oxygen atoms in total. The van der Waals surface area contributed by atoms with Crippen molar-refractivity contribution >= 4 is 17.5 Å². The first-order valence-electron chi connectivity index (χ1n) is 9.75. The van der Waals surface area contributed by atoms with Crippen LogP contribution in [0.25, 0.3) is 0 Å². The molecular weight excluding hydrogens is 364 g/mol. The monoisotopic (exact) mass is 388 g/mol. The first-order valence-corrected chi connectivity index (χ1v) is 9.75. The fourth-order valence-electron chi connectivity index (χ4n) is 3.31. The van der Waals surface area contributed by atoms with E-state index in [1.165, 1.54) is 11.1 Å². The molecule has 0 saturated carbocycles. The summed E-state index contributed by atoms with van der Waals surface area (Å²) in [5.41, 5.74) is 3.87. The quantitative estimate of drug-likeness (QED) is 0.724. The summed E-state index contributed by atoms with van der Waals surface area (Å²) in [4.78, 5) is 29.7. The van der Waals surface area contributed by atoms with Gasteiger partial charge in [-0.25, -0.2) is 9.97 Å². The molecule has 1 aliphatic rings. The van der Waals surface area contributed by atoms with Crippen molar-refractivity contribution in [3.05, 3.63) is 77.9 Å². The average Bonchev–Trinajstić information content (AvgIpc) is 2.79. The number of aryl methyl sites for hydroxylation is 1. The Labute approximate surface area is 170 Å². The number of benzene rings is 1. The number of carbonyl (C=O) groups is 1. The lowest BCUT2D eigenvalue weighted by molar-refractivity contribution is 0.0746. The van der Waals surface area contributed by atoms with Gasteiger partial charge in [-0.1, -0.05) is 29.8 Å². The first kappa shape index (κ1) is 18.9. The molecule has 0 spiro atoms. The van der Waals surface area contributed by atoms with Crippen LogP contribution in [0.1, 0.15) is 21.5 Å². The summed E-state index contributed by atoms with van der Waals surface area (Å²) >= 11 is 0. The number of aromatic nitrogens is 3. The first-order chi connectivity index (χ1) is 14.2. The van der Waals surface area contributed by atoms with E-state index < -0.39 is 0 Å². The molecule has 1 saturated heterocycles. The smallest absolute Gasteiger partial charge is 0.255 e. The maximum atomic E-state index is 12.9. The summed E-state index contributed by atoms with van der Waals surface area (Å²) in [7, 11) is 0. The molecule has 7 heteroatoms. The van der Waals surface area contributed by atoms with Crippen LogP contribution >= 0.6 is 0 Å². The fourth-order valence-corrected chi connectivity index (χ4v) is 3.31. The minimum Gasteiger partial charge on any atom is -0.380 e. The molecule has 0 atom stereocenters. The molecule has 29 heavy (non-hydrogen) atoms. The molecule has 1 amide bonds. The molecule has 0 bridgehead atoms. The Hall–Kier alpha value is -3.48. The van der Waals surface area contributed by atoms with Crippen LogP contribution in [0.5, 0.6) is 0 Å². The number of carbonyl (C=O) groups excluding carboxylic acids is 1. The average molecular weight is 388 g/mol. The lowest BCUT2D eigenvalue weighted by Crippen LogP contribution is -2.49. The van der Waals surface area contributed by atoms with Crippen LogP contribution in [-0.4, -0.2) is 51.9 Å². The van der Waals surface area contributed by atoms with Crippen molar-refractivity contribution < 1.29 is 4.79 Å². The molecule has 4 rings (SSSR count). The van der Waals surface area contributed by atoms with Gasteiger partial charge in [0.2, 0.25) is 5.95 Å². The normalized spacial score (nSPS) is 14.0. The molecule has 1 fully saturated rings. The van der Waals surface area contributed by atoms with Gasteiger partial charge in [0.05, 0.1) is 11.3 Å². The van der Waals surface area contributed by atoms with E-state index in [2.05, 4.69) is 56.4 Å². The minimum atomic E-state index is 0.00474. The Bertz CT molecular complexity index is 953. The Morgan fingerprint density at radius 1 is 1.03 bits per heavy atom. The number of amides is 1. The van der Waals surface area contributed by atoms with Gasteiger partial charge in [-0.3, -0.25) is 9.78 Å². The molecule has 0 unspecified atom stereocenters. The van der Waals surface area contributed by atoms with Crippen molar-refractivity contribution in [1.29, 1.82) is 0 Å². The summed E-state index contributed by atoms with van der Waals surface area (Å²) < 4.78 is 0. The van der Waals surface area contributed by atoms with E-state index in [9.17, 15) is 4.79 Å². The molecule has 1 N–H and O–H groups in total. The van der Waals surface area contributed by atoms with Crippen LogP contribution < -0.4 is 10.2 Å². The highest BCUT2D eigenvalue weighted by atomic mass is 16.2. The third kappa shape index (κ3) is 4.68. The highest BCUT2D eigenvalue weighted by Crippen LogP contribution is 2.15. The third-order valence-corrected chi connectivity index (χ3v) is 5.00. The number of nitrogens with zero attached hydrogens (tertiary/aromatic N) is 5. The van der Waals surface area contributed by atoms with Crippen molar-refractivity contribution in [1.82, 2.24) is 19.9 Å². The highest BCUT2D eigenvalue weighted by molar-refractivity contribution is 5.94. The van der Waals surface area contributed by atoms with Crippen molar-refractivity contribution in [2.45, 2.75) is 13.5 Å². The Balaban J connectivity index is 1.35. The summed E-state index contributed by atoms with van der Waals surface area (Å²) in [5, 5.41) is 3.35. The number of hydrogen-bond acceptors (Lipinski definition) is 6. The second kappa shape index (κ2) is 8.68. The van der Waals surface area contributed by atoms with E-state index in [4.69, 9.17) is 0 Å². The van der Waals surface area contributed by atoms with Crippen LogP contribution in [-0.2, 0) is 6.54 Å². The fraction of sp³-hybridized carbons (Fsp3) is 0.273. The Morgan fingerprint density at radius 2 is 1.76 bits per heavy atom. The maximum absolute atomic E-state index is 12.9. The Morgan fingerprint density at radius 3 is 2.48 bits per heavy atom. The van der Waals surface area contributed by atoms with Crippen LogP contribution in [0.15, 0.2) is 61.2 Å². The largest absolute Gasteiger partial charge is 0.380 e. The molecule has 3 aromatic rings. The van der Waals surface area contributed by atoms with Gasteiger partial charge in [-0.15, -0.1) is 0 Å². The van der Waals surface area contributed by atoms with E-state index in [1.54, 1.807) is 30.9 Å². The predicted molar refractivity (Wildman–Crippen MR) is 113 cm³/mol. The number of hydrogen-bond donors (Lipinski definition) is 1. The molecule has 0 radical (unpaired) electrons. The van der Waals surface area contributed by atoms with Gasteiger partial charge in [-0.05, 0) is 24.6 Å².